The van der Waals surface area contributed by atoms with Crippen LogP contribution in [-0.2, 0) is 44.8 Å². The van der Waals surface area contributed by atoms with E-state index in [1.165, 1.54) is 0 Å². The van der Waals surface area contributed by atoms with Crippen molar-refractivity contribution in [2.45, 2.75) is 0 Å². The van der Waals surface area contributed by atoms with Gasteiger partial charge in [0.05, 0.1) is 0 Å². The van der Waals surface area contributed by atoms with Gasteiger partial charge in [0.1, 0.15) is 0 Å². The Morgan fingerprint density at radius 2 is 0.692 bits per heavy atom. The van der Waals surface area contributed by atoms with Gasteiger partial charge in [0.25, 0.3) is 0 Å². The van der Waals surface area contributed by atoms with Gasteiger partial charge in [-0.15, -0.1) is 0 Å². The molecule has 13 heavy (non-hydrogen) atoms. The molecule has 0 aromatic heterocycles. The van der Waals surface area contributed by atoms with Gasteiger partial charge in [-0.25, -0.2) is 9.13 Å². The molecule has 0 unspecified atom stereocenters. The molecule has 0 aliphatic rings. The van der Waals surface area contributed by atoms with Gasteiger partial charge in [-0.1, -0.05) is 0 Å². The van der Waals surface area contributed by atoms with Crippen molar-refractivity contribution in [2.75, 3.05) is 0 Å². The second-order valence-electron chi connectivity index (χ2n) is 1.03. The van der Waals surface area contributed by atoms with E-state index in [1.54, 1.807) is 0 Å². The molecule has 1 radical (unpaired) electrons. The van der Waals surface area contributed by atoms with Crippen LogP contribution in [0.25, 0.3) is 0 Å². The van der Waals surface area contributed by atoms with Gasteiger partial charge in [0, 0.05) is 35.6 Å². The maximum Gasteiger partial charge on any atom is 0 e. The average Bonchev–Trinajstić information content (AvgIpc) is 1.12. The Morgan fingerprint density at radius 1 is 0.692 bits per heavy atom. The largest absolute Gasteiger partial charge is 0 e. The molecule has 79 valence electrons. The molecule has 0 rings (SSSR count). The monoisotopic (exact) mass is 311 g/mol. The zero-order valence-electron chi connectivity index (χ0n) is 5.19. The van der Waals surface area contributed by atoms with Crippen LogP contribution >= 0.6 is 15.6 Å². The van der Waals surface area contributed by atoms with Crippen LogP contribution in [0.15, 0.2) is 0 Å². The SMILES string of the molecule is O=P(O)(O)O.O=P(O)(O)O.[Fe].[LiH].[V]. The molecule has 0 aliphatic heterocycles. The third-order valence-electron chi connectivity index (χ3n) is 0. The Bertz CT molecular complexity index is 134. The summed E-state index contributed by atoms with van der Waals surface area (Å²) in [7, 11) is -9.28. The van der Waals surface area contributed by atoms with Gasteiger partial charge in [-0.2, -0.15) is 0 Å². The summed E-state index contributed by atoms with van der Waals surface area (Å²) in [5, 5.41) is 0. The van der Waals surface area contributed by atoms with Crippen LogP contribution < -0.4 is 0 Å². The fourth-order valence-corrected chi connectivity index (χ4v) is 0. The molecule has 0 atom stereocenters. The van der Waals surface area contributed by atoms with E-state index in [0.29, 0.717) is 0 Å². The molecule has 8 nitrogen and oxygen atoms in total. The van der Waals surface area contributed by atoms with Crippen LogP contribution in [0.5, 0.6) is 0 Å². The molecule has 0 saturated carbocycles. The molecule has 0 aromatic carbocycles. The van der Waals surface area contributed by atoms with E-state index in [2.05, 4.69) is 0 Å². The summed E-state index contributed by atoms with van der Waals surface area (Å²) in [6.07, 6.45) is 0. The molecular formula is H7FeLiO8P2V. The summed E-state index contributed by atoms with van der Waals surface area (Å²) in [6.45, 7) is 0. The third kappa shape index (κ3) is 536. The van der Waals surface area contributed by atoms with E-state index in [4.69, 9.17) is 38.5 Å². The summed E-state index contributed by atoms with van der Waals surface area (Å²) in [5.74, 6) is 0. The van der Waals surface area contributed by atoms with E-state index < -0.39 is 15.6 Å². The van der Waals surface area contributed by atoms with E-state index in [-0.39, 0.29) is 54.5 Å². The van der Waals surface area contributed by atoms with Crippen LogP contribution in [0.2, 0.25) is 0 Å². The van der Waals surface area contributed by atoms with Crippen LogP contribution in [0.3, 0.4) is 0 Å². The Morgan fingerprint density at radius 3 is 0.692 bits per heavy atom. The fraction of sp³-hybridized carbons (Fsp3) is 0. The van der Waals surface area contributed by atoms with Crippen molar-refractivity contribution >= 4 is 34.5 Å². The van der Waals surface area contributed by atoms with Crippen molar-refractivity contribution in [1.29, 1.82) is 0 Å². The predicted octanol–water partition coefficient (Wildman–Crippen LogP) is -2.51. The summed E-state index contributed by atoms with van der Waals surface area (Å²) in [5.41, 5.74) is 0. The maximum absolute atomic E-state index is 8.88. The standard InChI is InChI=1S/Fe.Li.2H3O4P.V.H/c;;2*1-5(2,3)4;;/h;;2*(H3,1,2,3,4);;. The molecule has 0 aromatic rings. The molecule has 0 aliphatic carbocycles. The molecule has 6 N–H and O–H groups in total. The number of hydrogen-bond acceptors (Lipinski definition) is 2. The zero-order chi connectivity index (χ0) is 9.00. The quantitative estimate of drug-likeness (QED) is 0.212. The van der Waals surface area contributed by atoms with Gasteiger partial charge < -0.3 is 29.4 Å². The Balaban J connectivity index is -0.0000000267. The van der Waals surface area contributed by atoms with Crippen molar-refractivity contribution in [2.24, 2.45) is 0 Å². The van der Waals surface area contributed by atoms with E-state index >= 15 is 0 Å². The summed E-state index contributed by atoms with van der Waals surface area (Å²) < 4.78 is 17.8. The van der Waals surface area contributed by atoms with Crippen LogP contribution in [0, 0.1) is 0 Å². The zero-order valence-corrected chi connectivity index (χ0v) is 9.48. The number of hydrogen-bond donors (Lipinski definition) is 6. The smallest absolute Gasteiger partial charge is 0 e. The molecule has 0 bridgehead atoms. The van der Waals surface area contributed by atoms with Crippen molar-refractivity contribution < 1.29 is 74.1 Å². The average molecular weight is 311 g/mol. The second kappa shape index (κ2) is 12.0. The van der Waals surface area contributed by atoms with Gasteiger partial charge in [-0.05, 0) is 0 Å². The minimum Gasteiger partial charge on any atom is 0 e. The molecule has 0 amide bonds. The van der Waals surface area contributed by atoms with E-state index in [9.17, 15) is 0 Å². The predicted molar refractivity (Wildman–Crippen MR) is 35.7 cm³/mol. The normalized spacial score (nSPS) is 9.08. The van der Waals surface area contributed by atoms with Crippen molar-refractivity contribution in [1.82, 2.24) is 0 Å². The molecule has 13 heteroatoms. The third-order valence-corrected chi connectivity index (χ3v) is 0. The number of rotatable bonds is 0. The summed E-state index contributed by atoms with van der Waals surface area (Å²) in [6, 6.07) is 0. The first-order valence-corrected chi connectivity index (χ1v) is 4.70. The Hall–Kier alpha value is 1.92. The van der Waals surface area contributed by atoms with Crippen LogP contribution in [0.1, 0.15) is 0 Å². The fourth-order valence-electron chi connectivity index (χ4n) is 0. The first-order chi connectivity index (χ1) is 4.00. The van der Waals surface area contributed by atoms with Crippen LogP contribution in [0.4, 0.5) is 0 Å². The Labute approximate surface area is 108 Å². The van der Waals surface area contributed by atoms with Crippen molar-refractivity contribution in [3.63, 3.8) is 0 Å². The maximum atomic E-state index is 8.88. The molecule has 0 fully saturated rings. The molecule has 0 heterocycles. The van der Waals surface area contributed by atoms with Crippen molar-refractivity contribution in [3.05, 3.63) is 0 Å². The minimum absolute atomic E-state index is 0. The van der Waals surface area contributed by atoms with Gasteiger partial charge in [0.15, 0.2) is 0 Å². The first-order valence-electron chi connectivity index (χ1n) is 1.57. The Kier molecular flexibility index (Phi) is 27.1. The van der Waals surface area contributed by atoms with Gasteiger partial charge in [0.2, 0.25) is 0 Å². The topological polar surface area (TPSA) is 156 Å². The van der Waals surface area contributed by atoms with Gasteiger partial charge >= 0.3 is 34.5 Å². The van der Waals surface area contributed by atoms with Gasteiger partial charge in [-0.3, -0.25) is 0 Å². The van der Waals surface area contributed by atoms with E-state index in [0.717, 1.165) is 0 Å². The number of phosphoric acid groups is 2. The summed E-state index contributed by atoms with van der Waals surface area (Å²) in [4.78, 5) is 43.1. The van der Waals surface area contributed by atoms with Crippen molar-refractivity contribution in [3.8, 4) is 0 Å². The molecule has 0 saturated heterocycles. The molecular weight excluding hydrogens is 304 g/mol. The second-order valence-corrected chi connectivity index (χ2v) is 3.08. The van der Waals surface area contributed by atoms with E-state index in [1.807, 2.05) is 0 Å². The van der Waals surface area contributed by atoms with Crippen LogP contribution in [-0.4, -0.2) is 48.2 Å². The molecule has 0 spiro atoms. The summed E-state index contributed by atoms with van der Waals surface area (Å²) >= 11 is 0. The first kappa shape index (κ1) is 29.4. The minimum atomic E-state index is -4.64.